The quantitative estimate of drug-likeness (QED) is 0.537. The van der Waals surface area contributed by atoms with Crippen molar-refractivity contribution in [2.24, 2.45) is 0 Å². The minimum atomic E-state index is -3.55. The van der Waals surface area contributed by atoms with E-state index in [2.05, 4.69) is 0 Å². The van der Waals surface area contributed by atoms with Crippen LogP contribution in [0, 0.1) is 0 Å². The number of sulfonamides is 1. The molecule has 1 aliphatic rings. The molecule has 3 rings (SSSR count). The zero-order valence-electron chi connectivity index (χ0n) is 15.0. The smallest absolute Gasteiger partial charge is 0.338 e. The van der Waals surface area contributed by atoms with E-state index in [4.69, 9.17) is 9.47 Å². The van der Waals surface area contributed by atoms with Gasteiger partial charge in [0.1, 0.15) is 0 Å². The summed E-state index contributed by atoms with van der Waals surface area (Å²) in [5.74, 6) is -0.446. The Labute approximate surface area is 159 Å². The van der Waals surface area contributed by atoms with Crippen LogP contribution in [-0.4, -0.2) is 51.6 Å². The Balaban J connectivity index is 1.52. The fourth-order valence-corrected chi connectivity index (χ4v) is 4.28. The molecule has 2 aromatic carbocycles. The fraction of sp³-hybridized carbons (Fsp3) is 0.350. The van der Waals surface area contributed by atoms with Crippen LogP contribution in [0.2, 0.25) is 0 Å². The molecule has 1 fully saturated rings. The van der Waals surface area contributed by atoms with Crippen LogP contribution in [0.1, 0.15) is 22.3 Å². The molecular formula is C20H23NO5S. The Morgan fingerprint density at radius 3 is 2.33 bits per heavy atom. The second kappa shape index (κ2) is 9.12. The first-order chi connectivity index (χ1) is 13.1. The van der Waals surface area contributed by atoms with Gasteiger partial charge in [-0.15, -0.1) is 0 Å². The van der Waals surface area contributed by atoms with Crippen LogP contribution >= 0.6 is 0 Å². The summed E-state index contributed by atoms with van der Waals surface area (Å²) in [4.78, 5) is 12.3. The molecule has 0 amide bonds. The summed E-state index contributed by atoms with van der Waals surface area (Å²) >= 11 is 0. The summed E-state index contributed by atoms with van der Waals surface area (Å²) in [6.45, 7) is 1.79. The molecule has 144 valence electrons. The maximum Gasteiger partial charge on any atom is 0.338 e. The molecule has 27 heavy (non-hydrogen) atoms. The Morgan fingerprint density at radius 2 is 1.67 bits per heavy atom. The Hall–Kier alpha value is -2.22. The molecule has 0 unspecified atom stereocenters. The molecule has 0 saturated carbocycles. The predicted octanol–water partition coefficient (Wildman–Crippen LogP) is 2.50. The van der Waals surface area contributed by atoms with E-state index in [1.807, 2.05) is 30.3 Å². The lowest BCUT2D eigenvalue weighted by Gasteiger charge is -2.26. The van der Waals surface area contributed by atoms with Gasteiger partial charge in [0, 0.05) is 13.1 Å². The molecule has 6 nitrogen and oxygen atoms in total. The van der Waals surface area contributed by atoms with Crippen LogP contribution in [0.25, 0.3) is 0 Å². The number of carbonyl (C=O) groups is 1. The minimum absolute atomic E-state index is 0.171. The van der Waals surface area contributed by atoms with Gasteiger partial charge in [0.25, 0.3) is 0 Å². The van der Waals surface area contributed by atoms with Crippen molar-refractivity contribution in [3.8, 4) is 0 Å². The number of rotatable bonds is 7. The summed E-state index contributed by atoms with van der Waals surface area (Å²) in [7, 11) is -3.55. The van der Waals surface area contributed by atoms with Crippen molar-refractivity contribution in [3.05, 3.63) is 65.7 Å². The zero-order chi connectivity index (χ0) is 19.1. The highest BCUT2D eigenvalue weighted by atomic mass is 32.2. The number of benzene rings is 2. The molecule has 1 saturated heterocycles. The highest BCUT2D eigenvalue weighted by Crippen LogP contribution is 2.18. The molecule has 0 aliphatic carbocycles. The van der Waals surface area contributed by atoms with Crippen molar-refractivity contribution in [2.75, 3.05) is 32.9 Å². The largest absolute Gasteiger partial charge is 0.462 e. The molecule has 2 aromatic rings. The monoisotopic (exact) mass is 389 g/mol. The Kier molecular flexibility index (Phi) is 6.60. The molecule has 0 spiro atoms. The SMILES string of the molecule is O=C(OCCCc1ccccc1)c1ccc(S(=O)(=O)N2CCOCC2)cc1. The summed E-state index contributed by atoms with van der Waals surface area (Å²) in [6.07, 6.45) is 1.57. The average molecular weight is 389 g/mol. The van der Waals surface area contributed by atoms with Crippen molar-refractivity contribution in [3.63, 3.8) is 0 Å². The molecule has 0 radical (unpaired) electrons. The summed E-state index contributed by atoms with van der Waals surface area (Å²) in [5, 5.41) is 0. The molecule has 0 atom stereocenters. The maximum atomic E-state index is 12.6. The van der Waals surface area contributed by atoms with Gasteiger partial charge in [-0.1, -0.05) is 30.3 Å². The van der Waals surface area contributed by atoms with E-state index >= 15 is 0 Å². The van der Waals surface area contributed by atoms with E-state index in [1.165, 1.54) is 34.1 Å². The van der Waals surface area contributed by atoms with E-state index in [0.717, 1.165) is 12.8 Å². The second-order valence-electron chi connectivity index (χ2n) is 6.27. The van der Waals surface area contributed by atoms with E-state index in [1.54, 1.807) is 0 Å². The molecule has 1 aliphatic heterocycles. The number of hydrogen-bond acceptors (Lipinski definition) is 5. The van der Waals surface area contributed by atoms with Crippen LogP contribution in [-0.2, 0) is 25.9 Å². The number of hydrogen-bond donors (Lipinski definition) is 0. The first kappa shape index (κ1) is 19.5. The third-order valence-corrected chi connectivity index (χ3v) is 6.30. The van der Waals surface area contributed by atoms with Crippen molar-refractivity contribution >= 4 is 16.0 Å². The van der Waals surface area contributed by atoms with Crippen molar-refractivity contribution in [1.82, 2.24) is 4.31 Å². The Morgan fingerprint density at radius 1 is 1.00 bits per heavy atom. The van der Waals surface area contributed by atoms with Gasteiger partial charge in [-0.25, -0.2) is 13.2 Å². The number of nitrogens with zero attached hydrogens (tertiary/aromatic N) is 1. The second-order valence-corrected chi connectivity index (χ2v) is 8.20. The molecule has 7 heteroatoms. The molecular weight excluding hydrogens is 366 g/mol. The van der Waals surface area contributed by atoms with Crippen LogP contribution in [0.3, 0.4) is 0 Å². The number of aryl methyl sites for hydroxylation is 1. The first-order valence-corrected chi connectivity index (χ1v) is 10.4. The van der Waals surface area contributed by atoms with Crippen LogP contribution < -0.4 is 0 Å². The maximum absolute atomic E-state index is 12.6. The number of esters is 1. The summed E-state index contributed by atoms with van der Waals surface area (Å²) in [6, 6.07) is 15.9. The van der Waals surface area contributed by atoms with Gasteiger partial charge in [-0.2, -0.15) is 4.31 Å². The van der Waals surface area contributed by atoms with Crippen molar-refractivity contribution in [1.29, 1.82) is 0 Å². The van der Waals surface area contributed by atoms with Gasteiger partial charge in [0.15, 0.2) is 0 Å². The molecule has 1 heterocycles. The highest BCUT2D eigenvalue weighted by molar-refractivity contribution is 7.89. The van der Waals surface area contributed by atoms with E-state index in [0.29, 0.717) is 38.5 Å². The highest BCUT2D eigenvalue weighted by Gasteiger charge is 2.26. The fourth-order valence-electron chi connectivity index (χ4n) is 2.87. The lowest BCUT2D eigenvalue weighted by Crippen LogP contribution is -2.40. The normalized spacial score (nSPS) is 15.4. The number of ether oxygens (including phenoxy) is 2. The van der Waals surface area contributed by atoms with Crippen molar-refractivity contribution < 1.29 is 22.7 Å². The van der Waals surface area contributed by atoms with E-state index in [-0.39, 0.29) is 4.90 Å². The van der Waals surface area contributed by atoms with E-state index < -0.39 is 16.0 Å². The first-order valence-electron chi connectivity index (χ1n) is 8.96. The van der Waals surface area contributed by atoms with Crippen LogP contribution in [0.5, 0.6) is 0 Å². The standard InChI is InChI=1S/C20H23NO5S/c22-20(26-14-4-7-17-5-2-1-3-6-17)18-8-10-19(11-9-18)27(23,24)21-12-15-25-16-13-21/h1-3,5-6,8-11H,4,7,12-16H2. The third kappa shape index (κ3) is 5.15. The zero-order valence-corrected chi connectivity index (χ0v) is 15.9. The van der Waals surface area contributed by atoms with Crippen LogP contribution in [0.15, 0.2) is 59.5 Å². The summed E-state index contributed by atoms with van der Waals surface area (Å²) in [5.41, 5.74) is 1.54. The Bertz CT molecular complexity index is 844. The third-order valence-electron chi connectivity index (χ3n) is 4.38. The number of morpholine rings is 1. The summed E-state index contributed by atoms with van der Waals surface area (Å²) < 4.78 is 37.0. The van der Waals surface area contributed by atoms with Crippen LogP contribution in [0.4, 0.5) is 0 Å². The lowest BCUT2D eigenvalue weighted by atomic mass is 10.1. The van der Waals surface area contributed by atoms with Gasteiger partial charge in [0.2, 0.25) is 10.0 Å². The van der Waals surface area contributed by atoms with Gasteiger partial charge >= 0.3 is 5.97 Å². The topological polar surface area (TPSA) is 72.9 Å². The molecule has 0 bridgehead atoms. The predicted molar refractivity (Wildman–Crippen MR) is 101 cm³/mol. The van der Waals surface area contributed by atoms with Crippen molar-refractivity contribution in [2.45, 2.75) is 17.7 Å². The molecule has 0 aromatic heterocycles. The molecule has 0 N–H and O–H groups in total. The van der Waals surface area contributed by atoms with Gasteiger partial charge in [0.05, 0.1) is 30.3 Å². The van der Waals surface area contributed by atoms with Gasteiger partial charge in [-0.3, -0.25) is 0 Å². The lowest BCUT2D eigenvalue weighted by molar-refractivity contribution is 0.0500. The van der Waals surface area contributed by atoms with Gasteiger partial charge in [-0.05, 0) is 42.7 Å². The van der Waals surface area contributed by atoms with E-state index in [9.17, 15) is 13.2 Å². The average Bonchev–Trinajstić information content (AvgIpc) is 2.72. The minimum Gasteiger partial charge on any atom is -0.462 e. The van der Waals surface area contributed by atoms with Gasteiger partial charge < -0.3 is 9.47 Å². The number of carbonyl (C=O) groups excluding carboxylic acids is 1.